The average molecular weight is 450 g/mol. The molecule has 6 nitrogen and oxygen atoms in total. The van der Waals surface area contributed by atoms with Crippen molar-refractivity contribution in [3.8, 4) is 0 Å². The largest absolute Gasteiger partial charge is 0.467 e. The van der Waals surface area contributed by atoms with Crippen molar-refractivity contribution >= 4 is 62.6 Å². The van der Waals surface area contributed by atoms with E-state index in [1.165, 1.54) is 41.7 Å². The molecule has 1 heterocycles. The van der Waals surface area contributed by atoms with E-state index in [0.29, 0.717) is 10.6 Å². The Labute approximate surface area is 181 Å². The zero-order valence-corrected chi connectivity index (χ0v) is 18.2. The summed E-state index contributed by atoms with van der Waals surface area (Å²) < 4.78 is 35.3. The standard InChI is InChI=1S/C17H16B3Cl2NO5S/c18-16(11-7-6-10(21)8-12(11)22)14(24)13(15(23)27-16)28-29(25,26)17(19,20)9-4-2-1-3-5-9/h1-8H,18-20,23H2/t16-/m0/s1. The first-order chi connectivity index (χ1) is 13.4. The molecule has 3 rings (SSSR count). The summed E-state index contributed by atoms with van der Waals surface area (Å²) in [4.78, 5) is 13.1. The van der Waals surface area contributed by atoms with Gasteiger partial charge in [-0.15, -0.1) is 0 Å². The lowest BCUT2D eigenvalue weighted by atomic mass is 9.65. The number of hydrogen-bond acceptors (Lipinski definition) is 6. The molecule has 0 saturated carbocycles. The van der Waals surface area contributed by atoms with E-state index in [1.807, 2.05) is 0 Å². The van der Waals surface area contributed by atoms with Gasteiger partial charge in [-0.2, -0.15) is 8.42 Å². The van der Waals surface area contributed by atoms with Gasteiger partial charge in [0, 0.05) is 15.6 Å². The minimum absolute atomic E-state index is 0.176. The molecular formula is C17H16B3Cl2NO5S. The summed E-state index contributed by atoms with van der Waals surface area (Å²) in [6, 6.07) is 13.0. The van der Waals surface area contributed by atoms with Gasteiger partial charge < -0.3 is 14.7 Å². The summed E-state index contributed by atoms with van der Waals surface area (Å²) >= 11 is 12.1. The molecule has 29 heavy (non-hydrogen) atoms. The fraction of sp³-hybridized carbons (Fsp3) is 0.118. The fourth-order valence-corrected chi connectivity index (χ4v) is 4.57. The molecule has 0 spiro atoms. The van der Waals surface area contributed by atoms with Gasteiger partial charge in [0.1, 0.15) is 15.7 Å². The zero-order chi connectivity index (χ0) is 21.6. The van der Waals surface area contributed by atoms with Crippen molar-refractivity contribution in [3.63, 3.8) is 0 Å². The SMILES string of the molecule is BC(B)(c1ccccc1)S(=O)(=O)OC1=C(N)O[C@@](B)(c2ccc(Cl)cc2Cl)C1=O. The first-order valence-electron chi connectivity index (χ1n) is 8.59. The van der Waals surface area contributed by atoms with Gasteiger partial charge in [0.2, 0.25) is 17.4 Å². The van der Waals surface area contributed by atoms with Gasteiger partial charge in [0.25, 0.3) is 0 Å². The second-order valence-corrected chi connectivity index (χ2v) is 10.1. The number of carbonyl (C=O) groups is 1. The van der Waals surface area contributed by atoms with E-state index >= 15 is 0 Å². The number of halogens is 2. The van der Waals surface area contributed by atoms with E-state index in [0.717, 1.165) is 0 Å². The summed E-state index contributed by atoms with van der Waals surface area (Å²) in [6.07, 6.45) is 0. The maximum atomic E-state index is 13.1. The molecule has 2 aromatic carbocycles. The van der Waals surface area contributed by atoms with E-state index < -0.39 is 37.6 Å². The number of benzene rings is 2. The predicted octanol–water partition coefficient (Wildman–Crippen LogP) is -0.0705. The average Bonchev–Trinajstić information content (AvgIpc) is 2.85. The van der Waals surface area contributed by atoms with Crippen LogP contribution >= 0.6 is 23.2 Å². The van der Waals surface area contributed by atoms with E-state index in [4.69, 9.17) is 37.9 Å². The normalized spacial score (nSPS) is 19.9. The Morgan fingerprint density at radius 1 is 1.10 bits per heavy atom. The number of ether oxygens (including phenoxy) is 1. The highest BCUT2D eigenvalue weighted by Crippen LogP contribution is 2.40. The third-order valence-electron chi connectivity index (χ3n) is 4.91. The molecule has 0 saturated heterocycles. The van der Waals surface area contributed by atoms with Crippen molar-refractivity contribution in [2.75, 3.05) is 0 Å². The number of hydrogen-bond donors (Lipinski definition) is 1. The maximum absolute atomic E-state index is 13.1. The summed E-state index contributed by atoms with van der Waals surface area (Å²) in [7, 11) is 0.0813. The third kappa shape index (κ3) is 3.65. The molecule has 0 radical (unpaired) electrons. The summed E-state index contributed by atoms with van der Waals surface area (Å²) in [5, 5.41) is 0.548. The molecule has 2 aromatic rings. The van der Waals surface area contributed by atoms with Crippen LogP contribution in [0.4, 0.5) is 0 Å². The first kappa shape index (κ1) is 21.7. The summed E-state index contributed by atoms with van der Waals surface area (Å²) in [5.41, 5.74) is 4.97. The number of rotatable bonds is 5. The van der Waals surface area contributed by atoms with Crippen LogP contribution in [0.15, 0.2) is 60.2 Å². The van der Waals surface area contributed by atoms with Crippen LogP contribution in [0.25, 0.3) is 0 Å². The Hall–Kier alpha value is -2.03. The fourth-order valence-electron chi connectivity index (χ4n) is 2.97. The molecule has 1 aliphatic rings. The molecule has 0 fully saturated rings. The summed E-state index contributed by atoms with van der Waals surface area (Å²) in [5.74, 6) is -1.77. The Bertz CT molecular complexity index is 1130. The van der Waals surface area contributed by atoms with Gasteiger partial charge in [-0.05, 0) is 17.7 Å². The van der Waals surface area contributed by atoms with Crippen molar-refractivity contribution < 1.29 is 22.1 Å². The second-order valence-electron chi connectivity index (χ2n) is 7.20. The minimum Gasteiger partial charge on any atom is -0.467 e. The molecule has 12 heteroatoms. The molecule has 0 aliphatic carbocycles. The number of nitrogens with two attached hydrogens (primary N) is 1. The molecule has 2 N–H and O–H groups in total. The van der Waals surface area contributed by atoms with Gasteiger partial charge in [0.05, 0.1) is 4.55 Å². The van der Waals surface area contributed by atoms with E-state index in [9.17, 15) is 13.2 Å². The lowest BCUT2D eigenvalue weighted by Gasteiger charge is -2.26. The highest BCUT2D eigenvalue weighted by atomic mass is 35.5. The molecule has 0 bridgehead atoms. The monoisotopic (exact) mass is 449 g/mol. The van der Waals surface area contributed by atoms with Crippen LogP contribution in [0.1, 0.15) is 11.1 Å². The number of ketones is 1. The molecule has 0 unspecified atom stereocenters. The Morgan fingerprint density at radius 2 is 1.72 bits per heavy atom. The quantitative estimate of drug-likeness (QED) is 0.507. The Kier molecular flexibility index (Phi) is 5.49. The van der Waals surface area contributed by atoms with E-state index in [-0.39, 0.29) is 10.6 Å². The van der Waals surface area contributed by atoms with Crippen LogP contribution < -0.4 is 5.73 Å². The van der Waals surface area contributed by atoms with E-state index in [1.54, 1.807) is 30.3 Å². The molecule has 148 valence electrons. The van der Waals surface area contributed by atoms with Crippen molar-refractivity contribution in [1.82, 2.24) is 0 Å². The van der Waals surface area contributed by atoms with Crippen molar-refractivity contribution in [1.29, 1.82) is 0 Å². The van der Waals surface area contributed by atoms with Crippen LogP contribution in [0.3, 0.4) is 0 Å². The zero-order valence-electron chi connectivity index (χ0n) is 15.9. The van der Waals surface area contributed by atoms with Gasteiger partial charge in [-0.3, -0.25) is 4.79 Å². The van der Waals surface area contributed by atoms with Gasteiger partial charge in [-0.1, -0.05) is 59.6 Å². The molecule has 1 atom stereocenters. The van der Waals surface area contributed by atoms with E-state index in [2.05, 4.69) is 0 Å². The molecular weight excluding hydrogens is 434 g/mol. The number of Topliss-reactive ketones (excluding diaryl/α,β-unsaturated/α-hetero) is 1. The molecule has 1 aliphatic heterocycles. The maximum Gasteiger partial charge on any atom is 0.304 e. The Balaban J connectivity index is 1.96. The lowest BCUT2D eigenvalue weighted by Crippen LogP contribution is -2.40. The van der Waals surface area contributed by atoms with Gasteiger partial charge in [-0.25, -0.2) is 0 Å². The lowest BCUT2D eigenvalue weighted by molar-refractivity contribution is -0.126. The molecule has 0 aromatic heterocycles. The molecule has 0 amide bonds. The number of carbonyl (C=O) groups excluding carboxylic acids is 1. The highest BCUT2D eigenvalue weighted by Gasteiger charge is 2.51. The third-order valence-corrected chi connectivity index (χ3v) is 7.33. The minimum atomic E-state index is -4.30. The van der Waals surface area contributed by atoms with Crippen molar-refractivity contribution in [3.05, 3.63) is 81.3 Å². The van der Waals surface area contributed by atoms with Gasteiger partial charge >= 0.3 is 10.1 Å². The van der Waals surface area contributed by atoms with Crippen LogP contribution in [0, 0.1) is 0 Å². The van der Waals surface area contributed by atoms with Gasteiger partial charge in [0.15, 0.2) is 13.3 Å². The van der Waals surface area contributed by atoms with Crippen molar-refractivity contribution in [2.24, 2.45) is 5.73 Å². The van der Waals surface area contributed by atoms with Crippen LogP contribution in [-0.4, -0.2) is 37.7 Å². The predicted molar refractivity (Wildman–Crippen MR) is 119 cm³/mol. The highest BCUT2D eigenvalue weighted by molar-refractivity contribution is 7.90. The van der Waals surface area contributed by atoms with Crippen LogP contribution in [-0.2, 0) is 33.9 Å². The van der Waals surface area contributed by atoms with Crippen LogP contribution in [0.2, 0.25) is 10.0 Å². The second kappa shape index (κ2) is 7.34. The van der Waals surface area contributed by atoms with Crippen LogP contribution in [0.5, 0.6) is 0 Å². The smallest absolute Gasteiger partial charge is 0.304 e. The Morgan fingerprint density at radius 3 is 2.31 bits per heavy atom. The topological polar surface area (TPSA) is 95.7 Å². The van der Waals surface area contributed by atoms with Crippen molar-refractivity contribution in [2.45, 2.75) is 10.0 Å². The first-order valence-corrected chi connectivity index (χ1v) is 10.8. The summed E-state index contributed by atoms with van der Waals surface area (Å²) in [6.45, 7) is 0.